The van der Waals surface area contributed by atoms with Crippen molar-refractivity contribution in [3.8, 4) is 10.4 Å². The Bertz CT molecular complexity index is 480. The first kappa shape index (κ1) is 10.8. The fourth-order valence-corrected chi connectivity index (χ4v) is 2.16. The summed E-state index contributed by atoms with van der Waals surface area (Å²) >= 11 is 1.58. The summed E-state index contributed by atoms with van der Waals surface area (Å²) < 4.78 is 5.00. The SMILES string of the molecule is CCOC(=O)c1ccncc1-c1cccs1. The maximum absolute atomic E-state index is 11.7. The minimum Gasteiger partial charge on any atom is -0.462 e. The van der Waals surface area contributed by atoms with Crippen LogP contribution in [0.5, 0.6) is 0 Å². The van der Waals surface area contributed by atoms with Crippen molar-refractivity contribution >= 4 is 17.3 Å². The van der Waals surface area contributed by atoms with Gasteiger partial charge in [0.2, 0.25) is 0 Å². The third-order valence-electron chi connectivity index (χ3n) is 2.10. The van der Waals surface area contributed by atoms with Gasteiger partial charge in [0, 0.05) is 22.8 Å². The Hall–Kier alpha value is -1.68. The van der Waals surface area contributed by atoms with E-state index in [1.54, 1.807) is 36.7 Å². The molecule has 0 fully saturated rings. The van der Waals surface area contributed by atoms with Crippen LogP contribution in [0.1, 0.15) is 17.3 Å². The summed E-state index contributed by atoms with van der Waals surface area (Å²) in [6.07, 6.45) is 3.29. The molecule has 2 aromatic heterocycles. The molecule has 0 unspecified atom stereocenters. The molecule has 3 nitrogen and oxygen atoms in total. The Balaban J connectivity index is 2.42. The van der Waals surface area contributed by atoms with Gasteiger partial charge in [0.05, 0.1) is 12.2 Å². The first-order chi connectivity index (χ1) is 7.83. The third kappa shape index (κ3) is 2.12. The lowest BCUT2D eigenvalue weighted by Crippen LogP contribution is -2.06. The molecule has 16 heavy (non-hydrogen) atoms. The van der Waals surface area contributed by atoms with E-state index >= 15 is 0 Å². The van der Waals surface area contributed by atoms with Gasteiger partial charge in [-0.2, -0.15) is 0 Å². The van der Waals surface area contributed by atoms with Gasteiger partial charge in [-0.25, -0.2) is 4.79 Å². The lowest BCUT2D eigenvalue weighted by molar-refractivity contribution is 0.0527. The van der Waals surface area contributed by atoms with E-state index in [4.69, 9.17) is 4.74 Å². The summed E-state index contributed by atoms with van der Waals surface area (Å²) in [7, 11) is 0. The van der Waals surface area contributed by atoms with Crippen molar-refractivity contribution in [2.24, 2.45) is 0 Å². The maximum Gasteiger partial charge on any atom is 0.338 e. The van der Waals surface area contributed by atoms with E-state index in [-0.39, 0.29) is 5.97 Å². The van der Waals surface area contributed by atoms with Crippen molar-refractivity contribution in [2.75, 3.05) is 6.61 Å². The van der Waals surface area contributed by atoms with Crippen LogP contribution in [0.25, 0.3) is 10.4 Å². The molecule has 0 aromatic carbocycles. The molecule has 4 heteroatoms. The Morgan fingerprint density at radius 1 is 1.50 bits per heavy atom. The van der Waals surface area contributed by atoms with Gasteiger partial charge in [-0.3, -0.25) is 4.98 Å². The van der Waals surface area contributed by atoms with Crippen LogP contribution >= 0.6 is 11.3 Å². The summed E-state index contributed by atoms with van der Waals surface area (Å²) in [5.41, 5.74) is 1.40. The van der Waals surface area contributed by atoms with Crippen LogP contribution < -0.4 is 0 Å². The van der Waals surface area contributed by atoms with E-state index in [0.29, 0.717) is 12.2 Å². The molecular weight excluding hydrogens is 222 g/mol. The summed E-state index contributed by atoms with van der Waals surface area (Å²) in [6, 6.07) is 5.60. The molecule has 0 spiro atoms. The second-order valence-electron chi connectivity index (χ2n) is 3.12. The number of nitrogens with zero attached hydrogens (tertiary/aromatic N) is 1. The number of ether oxygens (including phenoxy) is 1. The predicted octanol–water partition coefficient (Wildman–Crippen LogP) is 2.99. The van der Waals surface area contributed by atoms with Gasteiger partial charge >= 0.3 is 5.97 Å². The minimum absolute atomic E-state index is 0.298. The average molecular weight is 233 g/mol. The van der Waals surface area contributed by atoms with Crippen molar-refractivity contribution in [1.82, 2.24) is 4.98 Å². The maximum atomic E-state index is 11.7. The first-order valence-corrected chi connectivity index (χ1v) is 5.86. The van der Waals surface area contributed by atoms with Crippen molar-refractivity contribution in [3.05, 3.63) is 41.5 Å². The standard InChI is InChI=1S/C12H11NO2S/c1-2-15-12(14)9-5-6-13-8-10(9)11-4-3-7-16-11/h3-8H,2H2,1H3. The van der Waals surface area contributed by atoms with E-state index < -0.39 is 0 Å². The van der Waals surface area contributed by atoms with Crippen molar-refractivity contribution < 1.29 is 9.53 Å². The van der Waals surface area contributed by atoms with Crippen LogP contribution in [0.4, 0.5) is 0 Å². The highest BCUT2D eigenvalue weighted by atomic mass is 32.1. The Morgan fingerprint density at radius 3 is 3.06 bits per heavy atom. The molecule has 0 saturated heterocycles. The lowest BCUT2D eigenvalue weighted by Gasteiger charge is -2.06. The number of thiophene rings is 1. The zero-order chi connectivity index (χ0) is 11.4. The van der Waals surface area contributed by atoms with E-state index in [9.17, 15) is 4.79 Å². The van der Waals surface area contributed by atoms with Crippen LogP contribution in [-0.2, 0) is 4.74 Å². The molecule has 0 aliphatic rings. The quantitative estimate of drug-likeness (QED) is 0.765. The Labute approximate surface area is 97.7 Å². The molecule has 0 saturated carbocycles. The van der Waals surface area contributed by atoms with Crippen LogP contribution in [-0.4, -0.2) is 17.6 Å². The van der Waals surface area contributed by atoms with Crippen LogP contribution in [0, 0.1) is 0 Å². The van der Waals surface area contributed by atoms with E-state index in [0.717, 1.165) is 10.4 Å². The highest BCUT2D eigenvalue weighted by molar-refractivity contribution is 7.13. The second-order valence-corrected chi connectivity index (χ2v) is 4.07. The van der Waals surface area contributed by atoms with Gasteiger partial charge in [-0.05, 0) is 24.4 Å². The lowest BCUT2D eigenvalue weighted by atomic mass is 10.1. The van der Waals surface area contributed by atoms with Crippen LogP contribution in [0.15, 0.2) is 36.0 Å². The zero-order valence-corrected chi connectivity index (χ0v) is 9.66. The number of esters is 1. The highest BCUT2D eigenvalue weighted by Gasteiger charge is 2.13. The van der Waals surface area contributed by atoms with E-state index in [1.165, 1.54) is 0 Å². The largest absolute Gasteiger partial charge is 0.462 e. The molecule has 0 atom stereocenters. The van der Waals surface area contributed by atoms with Crippen molar-refractivity contribution in [3.63, 3.8) is 0 Å². The summed E-state index contributed by atoms with van der Waals surface area (Å²) in [6.45, 7) is 2.18. The fourth-order valence-electron chi connectivity index (χ4n) is 1.41. The fraction of sp³-hybridized carbons (Fsp3) is 0.167. The van der Waals surface area contributed by atoms with Crippen molar-refractivity contribution in [1.29, 1.82) is 0 Å². The number of pyridine rings is 1. The summed E-state index contributed by atoms with van der Waals surface area (Å²) in [4.78, 5) is 16.8. The normalized spacial score (nSPS) is 10.1. The zero-order valence-electron chi connectivity index (χ0n) is 8.84. The van der Waals surface area contributed by atoms with Gasteiger partial charge in [0.1, 0.15) is 0 Å². The first-order valence-electron chi connectivity index (χ1n) is 4.98. The number of carbonyl (C=O) groups is 1. The Morgan fingerprint density at radius 2 is 2.38 bits per heavy atom. The minimum atomic E-state index is -0.298. The molecule has 0 amide bonds. The van der Waals surface area contributed by atoms with Crippen LogP contribution in [0.3, 0.4) is 0 Å². The molecule has 0 bridgehead atoms. The van der Waals surface area contributed by atoms with Gasteiger partial charge < -0.3 is 4.74 Å². The van der Waals surface area contributed by atoms with Crippen molar-refractivity contribution in [2.45, 2.75) is 6.92 Å². The number of hydrogen-bond acceptors (Lipinski definition) is 4. The number of carbonyl (C=O) groups excluding carboxylic acids is 1. The molecule has 2 heterocycles. The Kier molecular flexibility index (Phi) is 3.31. The molecule has 2 rings (SSSR count). The molecule has 0 aliphatic heterocycles. The van der Waals surface area contributed by atoms with Gasteiger partial charge in [-0.15, -0.1) is 11.3 Å². The summed E-state index contributed by atoms with van der Waals surface area (Å²) in [5, 5.41) is 1.97. The molecular formula is C12H11NO2S. The molecule has 0 radical (unpaired) electrons. The highest BCUT2D eigenvalue weighted by Crippen LogP contribution is 2.27. The third-order valence-corrected chi connectivity index (χ3v) is 3.01. The molecule has 2 aromatic rings. The monoisotopic (exact) mass is 233 g/mol. The second kappa shape index (κ2) is 4.90. The number of aromatic nitrogens is 1. The van der Waals surface area contributed by atoms with Crippen LogP contribution in [0.2, 0.25) is 0 Å². The predicted molar refractivity (Wildman–Crippen MR) is 63.5 cm³/mol. The van der Waals surface area contributed by atoms with E-state index in [2.05, 4.69) is 4.98 Å². The van der Waals surface area contributed by atoms with Gasteiger partial charge in [0.15, 0.2) is 0 Å². The topological polar surface area (TPSA) is 39.2 Å². The molecule has 82 valence electrons. The van der Waals surface area contributed by atoms with Gasteiger partial charge in [-0.1, -0.05) is 6.07 Å². The summed E-state index contributed by atoms with van der Waals surface area (Å²) in [5.74, 6) is -0.298. The number of hydrogen-bond donors (Lipinski definition) is 0. The van der Waals surface area contributed by atoms with E-state index in [1.807, 2.05) is 17.5 Å². The smallest absolute Gasteiger partial charge is 0.338 e. The van der Waals surface area contributed by atoms with Gasteiger partial charge in [0.25, 0.3) is 0 Å². The molecule has 0 aliphatic carbocycles. The molecule has 0 N–H and O–H groups in total. The number of rotatable bonds is 3. The average Bonchev–Trinajstić information content (AvgIpc) is 2.83.